The molecule has 0 bridgehead atoms. The Morgan fingerprint density at radius 2 is 0.919 bits per heavy atom. The van der Waals surface area contributed by atoms with Crippen molar-refractivity contribution < 1.29 is 4.42 Å². The van der Waals surface area contributed by atoms with Crippen LogP contribution < -0.4 is 0 Å². The minimum Gasteiger partial charge on any atom is -0.463 e. The van der Waals surface area contributed by atoms with E-state index in [-0.39, 0.29) is 0 Å². The Morgan fingerprint density at radius 3 is 1.62 bits per heavy atom. The number of hydrogen-bond donors (Lipinski definition) is 0. The van der Waals surface area contributed by atoms with Gasteiger partial charge in [0.2, 0.25) is 0 Å². The molecule has 0 aliphatic heterocycles. The maximum Gasteiger partial charge on any atom is 0.142 e. The lowest BCUT2D eigenvalue weighted by atomic mass is 9.85. The first-order valence-electron chi connectivity index (χ1n) is 12.7. The van der Waals surface area contributed by atoms with Crippen LogP contribution in [0.15, 0.2) is 138 Å². The average molecular weight is 471 g/mol. The van der Waals surface area contributed by atoms with Crippen LogP contribution in [0.5, 0.6) is 0 Å². The van der Waals surface area contributed by atoms with Crippen LogP contribution in [0.1, 0.15) is 0 Å². The number of rotatable bonds is 2. The van der Waals surface area contributed by atoms with Crippen molar-refractivity contribution in [3.63, 3.8) is 0 Å². The molecule has 8 rings (SSSR count). The topological polar surface area (TPSA) is 13.1 Å². The predicted molar refractivity (Wildman–Crippen MR) is 157 cm³/mol. The highest BCUT2D eigenvalue weighted by Crippen LogP contribution is 2.46. The summed E-state index contributed by atoms with van der Waals surface area (Å²) in [6.07, 6.45) is 1.95. The van der Waals surface area contributed by atoms with Crippen molar-refractivity contribution in [3.8, 4) is 22.3 Å². The first-order chi connectivity index (χ1) is 18.4. The molecule has 7 aromatic carbocycles. The average Bonchev–Trinajstić information content (AvgIpc) is 3.40. The highest BCUT2D eigenvalue weighted by molar-refractivity contribution is 6.24. The van der Waals surface area contributed by atoms with Gasteiger partial charge in [0.1, 0.15) is 5.58 Å². The van der Waals surface area contributed by atoms with Crippen molar-refractivity contribution >= 4 is 54.1 Å². The third kappa shape index (κ3) is 2.98. The van der Waals surface area contributed by atoms with Crippen molar-refractivity contribution in [2.45, 2.75) is 0 Å². The number of furan rings is 1. The van der Waals surface area contributed by atoms with Gasteiger partial charge in [-0.05, 0) is 61.0 Å². The molecule has 0 saturated heterocycles. The number of fused-ring (bicyclic) bond motifs is 6. The van der Waals surface area contributed by atoms with Gasteiger partial charge in [0, 0.05) is 21.9 Å². The molecule has 0 atom stereocenters. The predicted octanol–water partition coefficient (Wildman–Crippen LogP) is 10.4. The molecule has 1 nitrogen and oxygen atoms in total. The third-order valence-electron chi connectivity index (χ3n) is 7.70. The summed E-state index contributed by atoms with van der Waals surface area (Å²) in [6.45, 7) is 0. The summed E-state index contributed by atoms with van der Waals surface area (Å²) in [7, 11) is 0. The summed E-state index contributed by atoms with van der Waals surface area (Å²) in [5, 5.41) is 11.0. The number of benzene rings is 7. The van der Waals surface area contributed by atoms with E-state index in [9.17, 15) is 0 Å². The Bertz CT molecular complexity index is 2090. The van der Waals surface area contributed by atoms with Gasteiger partial charge in [-0.15, -0.1) is 0 Å². The van der Waals surface area contributed by atoms with E-state index in [2.05, 4.69) is 127 Å². The first kappa shape index (κ1) is 20.3. The molecule has 0 saturated carbocycles. The molecular formula is C36H22O. The molecule has 37 heavy (non-hydrogen) atoms. The Labute approximate surface area is 214 Å². The van der Waals surface area contributed by atoms with Crippen LogP contribution >= 0.6 is 0 Å². The van der Waals surface area contributed by atoms with E-state index >= 15 is 0 Å². The van der Waals surface area contributed by atoms with Crippen LogP contribution in [-0.4, -0.2) is 0 Å². The second-order valence-corrected chi connectivity index (χ2v) is 9.72. The van der Waals surface area contributed by atoms with Gasteiger partial charge >= 0.3 is 0 Å². The standard InChI is InChI=1S/C36H22O/c1-2-11-25-21-26(18-17-23(25)9-1)34-28-13-5-7-15-30(28)35(31-16-8-6-14-29(31)34)33-22-37-36-27-12-4-3-10-24(27)19-20-32(33)36/h1-22H. The van der Waals surface area contributed by atoms with Gasteiger partial charge in [-0.1, -0.05) is 115 Å². The summed E-state index contributed by atoms with van der Waals surface area (Å²) in [4.78, 5) is 0. The summed E-state index contributed by atoms with van der Waals surface area (Å²) in [5.74, 6) is 0. The lowest BCUT2D eigenvalue weighted by Crippen LogP contribution is -1.90. The van der Waals surface area contributed by atoms with Gasteiger partial charge in [-0.25, -0.2) is 0 Å². The number of hydrogen-bond acceptors (Lipinski definition) is 1. The van der Waals surface area contributed by atoms with E-state index in [1.807, 2.05) is 6.26 Å². The van der Waals surface area contributed by atoms with Gasteiger partial charge in [-0.3, -0.25) is 0 Å². The lowest BCUT2D eigenvalue weighted by molar-refractivity contribution is 0.620. The minimum absolute atomic E-state index is 0.944. The van der Waals surface area contributed by atoms with E-state index < -0.39 is 0 Å². The molecule has 0 aliphatic carbocycles. The van der Waals surface area contributed by atoms with Crippen molar-refractivity contribution in [1.82, 2.24) is 0 Å². The van der Waals surface area contributed by atoms with Gasteiger partial charge in [0.15, 0.2) is 0 Å². The minimum atomic E-state index is 0.944. The smallest absolute Gasteiger partial charge is 0.142 e. The van der Waals surface area contributed by atoms with Crippen molar-refractivity contribution in [2.75, 3.05) is 0 Å². The summed E-state index contributed by atoms with van der Waals surface area (Å²) < 4.78 is 6.28. The maximum atomic E-state index is 6.28. The summed E-state index contributed by atoms with van der Waals surface area (Å²) in [6, 6.07) is 45.8. The van der Waals surface area contributed by atoms with E-state index in [4.69, 9.17) is 4.42 Å². The van der Waals surface area contributed by atoms with Crippen LogP contribution in [-0.2, 0) is 0 Å². The molecule has 0 aliphatic rings. The maximum absolute atomic E-state index is 6.28. The third-order valence-corrected chi connectivity index (χ3v) is 7.70. The molecule has 1 aromatic heterocycles. The van der Waals surface area contributed by atoms with Crippen LogP contribution in [0.2, 0.25) is 0 Å². The van der Waals surface area contributed by atoms with Gasteiger partial charge in [-0.2, -0.15) is 0 Å². The largest absolute Gasteiger partial charge is 0.463 e. The molecule has 1 heteroatoms. The molecule has 0 fully saturated rings. The summed E-state index contributed by atoms with van der Waals surface area (Å²) >= 11 is 0. The van der Waals surface area contributed by atoms with Crippen molar-refractivity contribution in [1.29, 1.82) is 0 Å². The quantitative estimate of drug-likeness (QED) is 0.229. The van der Waals surface area contributed by atoms with Gasteiger partial charge < -0.3 is 4.42 Å². The zero-order valence-corrected chi connectivity index (χ0v) is 20.1. The highest BCUT2D eigenvalue weighted by atomic mass is 16.3. The van der Waals surface area contributed by atoms with E-state index in [0.29, 0.717) is 0 Å². The van der Waals surface area contributed by atoms with E-state index in [1.54, 1.807) is 0 Å². The Balaban J connectivity index is 1.51. The molecule has 0 radical (unpaired) electrons. The fourth-order valence-electron chi connectivity index (χ4n) is 6.03. The molecule has 0 spiro atoms. The van der Waals surface area contributed by atoms with Crippen LogP contribution in [0.3, 0.4) is 0 Å². The zero-order chi connectivity index (χ0) is 24.3. The normalized spacial score (nSPS) is 11.8. The van der Waals surface area contributed by atoms with Crippen LogP contribution in [0.4, 0.5) is 0 Å². The Kier molecular flexibility index (Phi) is 4.29. The summed E-state index contributed by atoms with van der Waals surface area (Å²) in [5.41, 5.74) is 5.82. The molecular weight excluding hydrogens is 448 g/mol. The van der Waals surface area contributed by atoms with Gasteiger partial charge in [0.05, 0.1) is 6.26 Å². The SMILES string of the molecule is c1ccc2cc(-c3c4ccccc4c(-c4coc5c4ccc4ccccc45)c4ccccc34)ccc2c1. The molecule has 172 valence electrons. The van der Waals surface area contributed by atoms with Gasteiger partial charge in [0.25, 0.3) is 0 Å². The second-order valence-electron chi connectivity index (χ2n) is 9.72. The molecule has 0 unspecified atom stereocenters. The molecule has 8 aromatic rings. The Morgan fingerprint density at radius 1 is 0.378 bits per heavy atom. The lowest BCUT2D eigenvalue weighted by Gasteiger charge is -2.17. The first-order valence-corrected chi connectivity index (χ1v) is 12.7. The monoisotopic (exact) mass is 470 g/mol. The molecule has 0 amide bonds. The van der Waals surface area contributed by atoms with Crippen molar-refractivity contribution in [2.24, 2.45) is 0 Å². The highest BCUT2D eigenvalue weighted by Gasteiger charge is 2.20. The molecule has 1 heterocycles. The van der Waals surface area contributed by atoms with E-state index in [0.717, 1.165) is 21.9 Å². The zero-order valence-electron chi connectivity index (χ0n) is 20.1. The Hall–Kier alpha value is -4.88. The second kappa shape index (κ2) is 7.81. The van der Waals surface area contributed by atoms with Crippen LogP contribution in [0.25, 0.3) is 76.3 Å². The van der Waals surface area contributed by atoms with E-state index in [1.165, 1.54) is 54.4 Å². The van der Waals surface area contributed by atoms with Crippen LogP contribution in [0, 0.1) is 0 Å². The fourth-order valence-corrected chi connectivity index (χ4v) is 6.03. The fraction of sp³-hybridized carbons (Fsp3) is 0. The van der Waals surface area contributed by atoms with Crippen molar-refractivity contribution in [3.05, 3.63) is 134 Å². The molecule has 0 N–H and O–H groups in total.